The van der Waals surface area contributed by atoms with Gasteiger partial charge < -0.3 is 14.3 Å². The summed E-state index contributed by atoms with van der Waals surface area (Å²) >= 11 is 0. The van der Waals surface area contributed by atoms with Crippen LogP contribution in [0, 0.1) is 5.41 Å². The molecule has 1 aliphatic heterocycles. The number of carbonyl (C=O) groups excluding carboxylic acids is 1. The molecular formula is C10H18O3. The van der Waals surface area contributed by atoms with Crippen LogP contribution in [0.5, 0.6) is 0 Å². The number of ketones is 1. The zero-order valence-corrected chi connectivity index (χ0v) is 8.63. The van der Waals surface area contributed by atoms with Crippen LogP contribution in [0.2, 0.25) is 0 Å². The van der Waals surface area contributed by atoms with Gasteiger partial charge in [-0.2, -0.15) is 0 Å². The molecule has 0 unspecified atom stereocenters. The summed E-state index contributed by atoms with van der Waals surface area (Å²) in [5.41, 5.74) is -0.202. The fraction of sp³-hybridized carbons (Fsp3) is 0.900. The molecule has 0 bridgehead atoms. The molecule has 0 aromatic carbocycles. The quantitative estimate of drug-likeness (QED) is 0.673. The first kappa shape index (κ1) is 10.7. The van der Waals surface area contributed by atoms with Crippen LogP contribution in [0.4, 0.5) is 0 Å². The Bertz CT molecular complexity index is 181. The molecule has 3 nitrogen and oxygen atoms in total. The van der Waals surface area contributed by atoms with Crippen molar-refractivity contribution in [2.45, 2.75) is 39.9 Å². The third kappa shape index (κ3) is 3.08. The lowest BCUT2D eigenvalue weighted by molar-refractivity contribution is -0.229. The summed E-state index contributed by atoms with van der Waals surface area (Å²) in [5, 5.41) is 0. The van der Waals surface area contributed by atoms with Gasteiger partial charge in [-0.15, -0.1) is 0 Å². The lowest BCUT2D eigenvalue weighted by atomic mass is 9.86. The lowest BCUT2D eigenvalue weighted by Gasteiger charge is -2.35. The minimum Gasteiger partial charge on any atom is -0.352 e. The zero-order chi connectivity index (χ0) is 9.90. The molecule has 0 amide bonds. The molecule has 0 aromatic rings. The third-order valence-corrected chi connectivity index (χ3v) is 2.17. The first-order chi connectivity index (χ1) is 6.02. The Morgan fingerprint density at radius 2 is 1.92 bits per heavy atom. The summed E-state index contributed by atoms with van der Waals surface area (Å²) in [6, 6.07) is 0. The predicted molar refractivity (Wildman–Crippen MR) is 49.4 cm³/mol. The highest BCUT2D eigenvalue weighted by molar-refractivity contribution is 5.76. The highest BCUT2D eigenvalue weighted by Gasteiger charge is 2.33. The summed E-state index contributed by atoms with van der Waals surface area (Å²) in [6.07, 6.45) is 1.25. The van der Waals surface area contributed by atoms with E-state index in [9.17, 15) is 4.79 Å². The molecule has 0 spiro atoms. The number of Topliss-reactive ketones (excluding diaryl/α,β-unsaturated/α-hetero) is 1. The maximum atomic E-state index is 11.0. The van der Waals surface area contributed by atoms with Crippen molar-refractivity contribution in [3.05, 3.63) is 0 Å². The average Bonchev–Trinajstić information content (AvgIpc) is 2.04. The molecule has 0 radical (unpaired) electrons. The van der Waals surface area contributed by atoms with Gasteiger partial charge in [0, 0.05) is 11.8 Å². The Labute approximate surface area is 79.4 Å². The van der Waals surface area contributed by atoms with E-state index in [1.807, 2.05) is 13.8 Å². The molecule has 0 N–H and O–H groups in total. The van der Waals surface area contributed by atoms with Crippen LogP contribution in [0.15, 0.2) is 0 Å². The van der Waals surface area contributed by atoms with Gasteiger partial charge in [-0.1, -0.05) is 13.8 Å². The largest absolute Gasteiger partial charge is 0.352 e. The number of carbonyl (C=O) groups is 1. The fourth-order valence-corrected chi connectivity index (χ4v) is 1.66. The zero-order valence-electron chi connectivity index (χ0n) is 8.63. The Morgan fingerprint density at radius 1 is 1.38 bits per heavy atom. The second-order valence-electron chi connectivity index (χ2n) is 4.29. The molecule has 0 aliphatic carbocycles. The van der Waals surface area contributed by atoms with Crippen molar-refractivity contribution in [3.63, 3.8) is 0 Å². The van der Waals surface area contributed by atoms with Crippen molar-refractivity contribution in [2.24, 2.45) is 5.41 Å². The molecule has 1 aliphatic rings. The Hall–Kier alpha value is -0.410. The number of hydrogen-bond acceptors (Lipinski definition) is 3. The summed E-state index contributed by atoms with van der Waals surface area (Å²) in [7, 11) is 0. The maximum absolute atomic E-state index is 11.0. The SMILES string of the molecule is CC(=O)CC(C)(C)C1OCCCO1. The summed E-state index contributed by atoms with van der Waals surface area (Å²) < 4.78 is 10.9. The molecule has 76 valence electrons. The van der Waals surface area contributed by atoms with Gasteiger partial charge in [0.2, 0.25) is 0 Å². The normalized spacial score (nSPS) is 20.2. The van der Waals surface area contributed by atoms with Crippen molar-refractivity contribution in [1.82, 2.24) is 0 Å². The highest BCUT2D eigenvalue weighted by Crippen LogP contribution is 2.30. The molecule has 1 saturated heterocycles. The van der Waals surface area contributed by atoms with Crippen molar-refractivity contribution in [2.75, 3.05) is 13.2 Å². The van der Waals surface area contributed by atoms with E-state index < -0.39 is 0 Å². The highest BCUT2D eigenvalue weighted by atomic mass is 16.7. The standard InChI is InChI=1S/C10H18O3/c1-8(11)7-10(2,3)9-12-5-4-6-13-9/h9H,4-7H2,1-3H3. The van der Waals surface area contributed by atoms with E-state index in [1.165, 1.54) is 0 Å². The van der Waals surface area contributed by atoms with E-state index in [1.54, 1.807) is 6.92 Å². The van der Waals surface area contributed by atoms with Crippen LogP contribution in [0.1, 0.15) is 33.6 Å². The van der Waals surface area contributed by atoms with Crippen LogP contribution in [-0.4, -0.2) is 25.3 Å². The van der Waals surface area contributed by atoms with E-state index in [4.69, 9.17) is 9.47 Å². The molecular weight excluding hydrogens is 168 g/mol. The summed E-state index contributed by atoms with van der Waals surface area (Å²) in [5.74, 6) is 0.183. The second kappa shape index (κ2) is 4.20. The van der Waals surface area contributed by atoms with Crippen LogP contribution in [-0.2, 0) is 14.3 Å². The average molecular weight is 186 g/mol. The van der Waals surface area contributed by atoms with E-state index in [-0.39, 0.29) is 17.5 Å². The van der Waals surface area contributed by atoms with Crippen molar-refractivity contribution < 1.29 is 14.3 Å². The Morgan fingerprint density at radius 3 is 2.38 bits per heavy atom. The number of rotatable bonds is 3. The topological polar surface area (TPSA) is 35.5 Å². The molecule has 1 rings (SSSR count). The number of hydrogen-bond donors (Lipinski definition) is 0. The van der Waals surface area contributed by atoms with E-state index in [0.717, 1.165) is 19.6 Å². The Kier molecular flexibility index (Phi) is 3.45. The third-order valence-electron chi connectivity index (χ3n) is 2.17. The van der Waals surface area contributed by atoms with Gasteiger partial charge in [0.25, 0.3) is 0 Å². The summed E-state index contributed by atoms with van der Waals surface area (Å²) in [6.45, 7) is 7.09. The molecule has 1 fully saturated rings. The predicted octanol–water partition coefficient (Wildman–Crippen LogP) is 1.75. The van der Waals surface area contributed by atoms with Crippen LogP contribution < -0.4 is 0 Å². The van der Waals surface area contributed by atoms with Gasteiger partial charge in [0.15, 0.2) is 6.29 Å². The minimum absolute atomic E-state index is 0.183. The van der Waals surface area contributed by atoms with Crippen molar-refractivity contribution in [1.29, 1.82) is 0 Å². The van der Waals surface area contributed by atoms with Gasteiger partial charge in [-0.25, -0.2) is 0 Å². The fourth-order valence-electron chi connectivity index (χ4n) is 1.66. The van der Waals surface area contributed by atoms with Crippen LogP contribution in [0.25, 0.3) is 0 Å². The van der Waals surface area contributed by atoms with Gasteiger partial charge in [0.1, 0.15) is 5.78 Å². The van der Waals surface area contributed by atoms with Crippen molar-refractivity contribution in [3.8, 4) is 0 Å². The molecule has 13 heavy (non-hydrogen) atoms. The molecule has 3 heteroatoms. The van der Waals surface area contributed by atoms with Crippen molar-refractivity contribution >= 4 is 5.78 Å². The molecule has 0 aromatic heterocycles. The Balaban J connectivity index is 2.50. The monoisotopic (exact) mass is 186 g/mol. The van der Waals surface area contributed by atoms with E-state index >= 15 is 0 Å². The minimum atomic E-state index is -0.217. The number of ether oxygens (including phenoxy) is 2. The van der Waals surface area contributed by atoms with E-state index in [2.05, 4.69) is 0 Å². The van der Waals surface area contributed by atoms with Gasteiger partial charge in [-0.3, -0.25) is 0 Å². The van der Waals surface area contributed by atoms with E-state index in [0.29, 0.717) is 6.42 Å². The smallest absolute Gasteiger partial charge is 0.163 e. The maximum Gasteiger partial charge on any atom is 0.163 e. The van der Waals surface area contributed by atoms with Gasteiger partial charge >= 0.3 is 0 Å². The second-order valence-corrected chi connectivity index (χ2v) is 4.29. The molecule has 0 atom stereocenters. The first-order valence-corrected chi connectivity index (χ1v) is 4.75. The molecule has 1 heterocycles. The molecule has 0 saturated carbocycles. The van der Waals surface area contributed by atoms with Crippen LogP contribution in [0.3, 0.4) is 0 Å². The first-order valence-electron chi connectivity index (χ1n) is 4.75. The lowest BCUT2D eigenvalue weighted by Crippen LogP contribution is -2.39. The summed E-state index contributed by atoms with van der Waals surface area (Å²) in [4.78, 5) is 11.0. The van der Waals surface area contributed by atoms with Gasteiger partial charge in [0.05, 0.1) is 13.2 Å². The van der Waals surface area contributed by atoms with Gasteiger partial charge in [-0.05, 0) is 13.3 Å². The van der Waals surface area contributed by atoms with Crippen LogP contribution >= 0.6 is 0 Å².